The number of benzene rings is 1. The molecule has 1 rings (SSSR count). The first-order valence-corrected chi connectivity index (χ1v) is 6.40. The third-order valence-electron chi connectivity index (χ3n) is 1.99. The molecule has 1 aromatic carbocycles. The molecule has 0 unspecified atom stereocenters. The van der Waals surface area contributed by atoms with Crippen LogP contribution >= 0.6 is 34.8 Å². The number of halogens is 1. The fourth-order valence-electron chi connectivity index (χ4n) is 1.17. The van der Waals surface area contributed by atoms with Crippen molar-refractivity contribution in [2.24, 2.45) is 5.73 Å². The van der Waals surface area contributed by atoms with E-state index in [0.29, 0.717) is 23.5 Å². The van der Waals surface area contributed by atoms with Crippen LogP contribution in [0, 0.1) is 3.57 Å². The summed E-state index contributed by atoms with van der Waals surface area (Å²) >= 11 is 6.95. The van der Waals surface area contributed by atoms with Crippen molar-refractivity contribution in [1.29, 1.82) is 0 Å². The third-order valence-corrected chi connectivity index (χ3v) is 2.92. The van der Waals surface area contributed by atoms with Crippen LogP contribution in [0.4, 0.5) is 0 Å². The average Bonchev–Trinajstić information content (AvgIpc) is 2.25. The van der Waals surface area contributed by atoms with Crippen molar-refractivity contribution in [3.05, 3.63) is 33.4 Å². The maximum absolute atomic E-state index is 11.6. The van der Waals surface area contributed by atoms with Crippen LogP contribution in [0.25, 0.3) is 0 Å². The molecule has 16 heavy (non-hydrogen) atoms. The number of nitrogens with two attached hydrogens (primary N) is 1. The van der Waals surface area contributed by atoms with Crippen molar-refractivity contribution in [1.82, 2.24) is 5.32 Å². The Morgan fingerprint density at radius 2 is 2.00 bits per heavy atom. The maximum atomic E-state index is 11.6. The summed E-state index contributed by atoms with van der Waals surface area (Å²) in [5, 5.41) is 2.82. The fourth-order valence-corrected chi connectivity index (χ4v) is 1.67. The van der Waals surface area contributed by atoms with E-state index in [1.165, 1.54) is 0 Å². The predicted octanol–water partition coefficient (Wildman–Crippen LogP) is 2.09. The second-order valence-electron chi connectivity index (χ2n) is 3.33. The van der Waals surface area contributed by atoms with Gasteiger partial charge >= 0.3 is 0 Å². The molecule has 0 heterocycles. The van der Waals surface area contributed by atoms with E-state index < -0.39 is 0 Å². The van der Waals surface area contributed by atoms with Crippen LogP contribution in [0.2, 0.25) is 0 Å². The summed E-state index contributed by atoms with van der Waals surface area (Å²) in [7, 11) is 0. The predicted molar refractivity (Wildman–Crippen MR) is 77.5 cm³/mol. The van der Waals surface area contributed by atoms with Crippen molar-refractivity contribution in [2.75, 3.05) is 6.54 Å². The second kappa shape index (κ2) is 6.80. The SMILES string of the molecule is NC(=S)CCCNC(=O)c1ccc(I)cc1. The Morgan fingerprint density at radius 3 is 2.56 bits per heavy atom. The zero-order chi connectivity index (χ0) is 12.0. The van der Waals surface area contributed by atoms with Gasteiger partial charge < -0.3 is 11.1 Å². The van der Waals surface area contributed by atoms with Gasteiger partial charge in [-0.2, -0.15) is 0 Å². The minimum absolute atomic E-state index is 0.0562. The highest BCUT2D eigenvalue weighted by molar-refractivity contribution is 14.1. The van der Waals surface area contributed by atoms with E-state index in [0.717, 1.165) is 9.99 Å². The number of rotatable bonds is 5. The van der Waals surface area contributed by atoms with Gasteiger partial charge in [0.1, 0.15) is 0 Å². The Bertz CT molecular complexity index is 378. The van der Waals surface area contributed by atoms with Gasteiger partial charge in [0.2, 0.25) is 0 Å². The Labute approximate surface area is 114 Å². The summed E-state index contributed by atoms with van der Waals surface area (Å²) in [4.78, 5) is 12.1. The van der Waals surface area contributed by atoms with Crippen LogP contribution in [0.1, 0.15) is 23.2 Å². The minimum atomic E-state index is -0.0562. The van der Waals surface area contributed by atoms with E-state index in [9.17, 15) is 4.79 Å². The number of nitrogens with one attached hydrogen (secondary N) is 1. The van der Waals surface area contributed by atoms with Gasteiger partial charge in [0.05, 0.1) is 4.99 Å². The Kier molecular flexibility index (Phi) is 5.68. The number of carbonyl (C=O) groups excluding carboxylic acids is 1. The van der Waals surface area contributed by atoms with Crippen molar-refractivity contribution in [2.45, 2.75) is 12.8 Å². The topological polar surface area (TPSA) is 55.1 Å². The lowest BCUT2D eigenvalue weighted by molar-refractivity contribution is 0.0953. The van der Waals surface area contributed by atoms with Crippen LogP contribution in [-0.4, -0.2) is 17.4 Å². The van der Waals surface area contributed by atoms with Gasteiger partial charge in [-0.05, 0) is 59.7 Å². The van der Waals surface area contributed by atoms with Crippen LogP contribution in [-0.2, 0) is 0 Å². The molecule has 0 aliphatic carbocycles. The van der Waals surface area contributed by atoms with E-state index in [4.69, 9.17) is 18.0 Å². The van der Waals surface area contributed by atoms with Crippen molar-refractivity contribution < 1.29 is 4.79 Å². The number of amides is 1. The standard InChI is InChI=1S/C11H13IN2OS/c12-9-5-3-8(4-6-9)11(15)14-7-1-2-10(13)16/h3-6H,1-2,7H2,(H2,13,16)(H,14,15). The molecule has 0 atom stereocenters. The number of carbonyl (C=O) groups is 1. The van der Waals surface area contributed by atoms with Gasteiger partial charge in [-0.3, -0.25) is 4.79 Å². The van der Waals surface area contributed by atoms with Crippen molar-refractivity contribution in [3.8, 4) is 0 Å². The number of hydrogen-bond acceptors (Lipinski definition) is 2. The molecule has 1 amide bonds. The minimum Gasteiger partial charge on any atom is -0.393 e. The molecule has 0 aromatic heterocycles. The molecule has 0 fully saturated rings. The van der Waals surface area contributed by atoms with Crippen molar-refractivity contribution in [3.63, 3.8) is 0 Å². The molecule has 0 aliphatic heterocycles. The average molecular weight is 348 g/mol. The maximum Gasteiger partial charge on any atom is 0.251 e. The molecule has 0 bridgehead atoms. The summed E-state index contributed by atoms with van der Waals surface area (Å²) in [6.07, 6.45) is 1.45. The van der Waals surface area contributed by atoms with E-state index in [1.807, 2.05) is 24.3 Å². The molecule has 1 aromatic rings. The molecule has 5 heteroatoms. The van der Waals surface area contributed by atoms with Crippen LogP contribution in [0.15, 0.2) is 24.3 Å². The summed E-state index contributed by atoms with van der Waals surface area (Å²) in [5.74, 6) is -0.0562. The van der Waals surface area contributed by atoms with E-state index in [2.05, 4.69) is 27.9 Å². The lowest BCUT2D eigenvalue weighted by atomic mass is 10.2. The van der Waals surface area contributed by atoms with Crippen LogP contribution in [0.3, 0.4) is 0 Å². The van der Waals surface area contributed by atoms with Gasteiger partial charge in [0.15, 0.2) is 0 Å². The summed E-state index contributed by atoms with van der Waals surface area (Å²) in [5.41, 5.74) is 6.03. The lowest BCUT2D eigenvalue weighted by Crippen LogP contribution is -2.25. The fraction of sp³-hybridized carbons (Fsp3) is 0.273. The van der Waals surface area contributed by atoms with Gasteiger partial charge in [0, 0.05) is 15.7 Å². The van der Waals surface area contributed by atoms with Crippen molar-refractivity contribution >= 4 is 45.7 Å². The van der Waals surface area contributed by atoms with Crippen LogP contribution < -0.4 is 11.1 Å². The van der Waals surface area contributed by atoms with E-state index in [-0.39, 0.29) is 5.91 Å². The highest BCUT2D eigenvalue weighted by Crippen LogP contribution is 2.06. The number of hydrogen-bond donors (Lipinski definition) is 2. The normalized spacial score (nSPS) is 9.81. The molecule has 3 nitrogen and oxygen atoms in total. The Hall–Kier alpha value is -0.690. The highest BCUT2D eigenvalue weighted by Gasteiger charge is 2.03. The quantitative estimate of drug-likeness (QED) is 0.487. The third kappa shape index (κ3) is 4.89. The molecular formula is C11H13IN2OS. The second-order valence-corrected chi connectivity index (χ2v) is 5.10. The Morgan fingerprint density at radius 1 is 1.38 bits per heavy atom. The molecule has 0 saturated heterocycles. The van der Waals surface area contributed by atoms with E-state index in [1.54, 1.807) is 0 Å². The van der Waals surface area contributed by atoms with Gasteiger partial charge in [0.25, 0.3) is 5.91 Å². The van der Waals surface area contributed by atoms with Gasteiger partial charge in [-0.25, -0.2) is 0 Å². The molecule has 0 radical (unpaired) electrons. The molecule has 3 N–H and O–H groups in total. The first-order valence-electron chi connectivity index (χ1n) is 4.91. The van der Waals surface area contributed by atoms with Crippen LogP contribution in [0.5, 0.6) is 0 Å². The molecule has 0 saturated carbocycles. The summed E-state index contributed by atoms with van der Waals surface area (Å²) in [6.45, 7) is 0.599. The van der Waals surface area contributed by atoms with Gasteiger partial charge in [-0.1, -0.05) is 12.2 Å². The monoisotopic (exact) mass is 348 g/mol. The zero-order valence-corrected chi connectivity index (χ0v) is 11.7. The lowest BCUT2D eigenvalue weighted by Gasteiger charge is -2.04. The summed E-state index contributed by atoms with van der Waals surface area (Å²) in [6, 6.07) is 7.43. The first-order chi connectivity index (χ1) is 7.59. The molecule has 86 valence electrons. The first kappa shape index (κ1) is 13.4. The van der Waals surface area contributed by atoms with E-state index >= 15 is 0 Å². The largest absolute Gasteiger partial charge is 0.393 e. The molecular weight excluding hydrogens is 335 g/mol. The smallest absolute Gasteiger partial charge is 0.251 e. The Balaban J connectivity index is 2.35. The number of thiocarbonyl (C=S) groups is 1. The highest BCUT2D eigenvalue weighted by atomic mass is 127. The van der Waals surface area contributed by atoms with Gasteiger partial charge in [-0.15, -0.1) is 0 Å². The molecule has 0 aliphatic rings. The summed E-state index contributed by atoms with van der Waals surface area (Å²) < 4.78 is 1.11. The zero-order valence-electron chi connectivity index (χ0n) is 8.70. The molecule has 0 spiro atoms.